The highest BCUT2D eigenvalue weighted by Crippen LogP contribution is 2.34. The van der Waals surface area contributed by atoms with E-state index in [9.17, 15) is 19.1 Å². The quantitative estimate of drug-likeness (QED) is 0.427. The number of Topliss-reactive ketones (excluding diaryl/α,β-unsaturated/α-hetero) is 1. The van der Waals surface area contributed by atoms with Gasteiger partial charge in [-0.25, -0.2) is 4.39 Å². The van der Waals surface area contributed by atoms with E-state index in [4.69, 9.17) is 0 Å². The first-order chi connectivity index (χ1) is 14.5. The van der Waals surface area contributed by atoms with E-state index in [-0.39, 0.29) is 17.8 Å². The van der Waals surface area contributed by atoms with Gasteiger partial charge in [0.1, 0.15) is 5.82 Å². The number of rotatable bonds is 7. The molecule has 0 aliphatic carbocycles. The summed E-state index contributed by atoms with van der Waals surface area (Å²) >= 11 is 0. The number of aliphatic hydroxyl groups is 1. The molecule has 6 heteroatoms. The van der Waals surface area contributed by atoms with Gasteiger partial charge in [-0.2, -0.15) is 0 Å². The standard InChI is InChI=1S/C24H25FN2O3/c1-26-16-23(29)22(28)15-24(30)27-13-5-8-20(27)14-21(17-6-3-2-4-7-17)18-9-11-19(25)12-10-18/h2-4,6-7,9-12,15-16,20-21,28H,5,8,13-14H2,1H3/b22-15-,26-16?/t20-,21-/m1/s1. The molecule has 0 unspecified atom stereocenters. The average molecular weight is 408 g/mol. The number of hydrogen-bond donors (Lipinski definition) is 1. The summed E-state index contributed by atoms with van der Waals surface area (Å²) in [4.78, 5) is 29.7. The van der Waals surface area contributed by atoms with Crippen LogP contribution in [0.15, 0.2) is 71.4 Å². The summed E-state index contributed by atoms with van der Waals surface area (Å²) in [7, 11) is 1.42. The number of carbonyl (C=O) groups excluding carboxylic acids is 2. The number of allylic oxidation sites excluding steroid dienone is 1. The highest BCUT2D eigenvalue weighted by molar-refractivity contribution is 6.34. The minimum atomic E-state index is -0.699. The van der Waals surface area contributed by atoms with Crippen LogP contribution in [0.25, 0.3) is 0 Å². The molecule has 0 radical (unpaired) electrons. The van der Waals surface area contributed by atoms with E-state index in [0.29, 0.717) is 13.0 Å². The van der Waals surface area contributed by atoms with Crippen LogP contribution in [-0.4, -0.2) is 47.5 Å². The molecule has 2 atom stereocenters. The molecule has 1 aliphatic heterocycles. The summed E-state index contributed by atoms with van der Waals surface area (Å²) in [6, 6.07) is 16.3. The van der Waals surface area contributed by atoms with Crippen LogP contribution in [0.5, 0.6) is 0 Å². The van der Waals surface area contributed by atoms with Crippen molar-refractivity contribution in [3.05, 3.63) is 83.4 Å². The van der Waals surface area contributed by atoms with E-state index < -0.39 is 17.4 Å². The molecule has 0 spiro atoms. The number of nitrogens with zero attached hydrogens (tertiary/aromatic N) is 2. The second-order valence-corrected chi connectivity index (χ2v) is 7.36. The van der Waals surface area contributed by atoms with Gasteiger partial charge < -0.3 is 10.0 Å². The van der Waals surface area contributed by atoms with E-state index in [1.807, 2.05) is 30.3 Å². The summed E-state index contributed by atoms with van der Waals surface area (Å²) < 4.78 is 13.4. The first-order valence-electron chi connectivity index (χ1n) is 9.97. The van der Waals surface area contributed by atoms with Crippen molar-refractivity contribution in [2.45, 2.75) is 31.2 Å². The second-order valence-electron chi connectivity index (χ2n) is 7.36. The molecule has 1 amide bonds. The Balaban J connectivity index is 1.83. The molecular formula is C24H25FN2O3. The topological polar surface area (TPSA) is 70.0 Å². The Labute approximate surface area is 175 Å². The van der Waals surface area contributed by atoms with Crippen molar-refractivity contribution in [3.8, 4) is 0 Å². The van der Waals surface area contributed by atoms with E-state index >= 15 is 0 Å². The van der Waals surface area contributed by atoms with Crippen LogP contribution in [0.4, 0.5) is 4.39 Å². The van der Waals surface area contributed by atoms with Crippen molar-refractivity contribution < 1.29 is 19.1 Å². The van der Waals surface area contributed by atoms with Crippen LogP contribution in [0.1, 0.15) is 36.3 Å². The fourth-order valence-corrected chi connectivity index (χ4v) is 3.94. The van der Waals surface area contributed by atoms with Crippen LogP contribution in [0, 0.1) is 5.82 Å². The molecular weight excluding hydrogens is 383 g/mol. The van der Waals surface area contributed by atoms with Crippen LogP contribution < -0.4 is 0 Å². The monoisotopic (exact) mass is 408 g/mol. The zero-order valence-corrected chi connectivity index (χ0v) is 16.9. The summed E-state index contributed by atoms with van der Waals surface area (Å²) in [5.74, 6) is -2.00. The van der Waals surface area contributed by atoms with E-state index in [1.165, 1.54) is 19.2 Å². The average Bonchev–Trinajstić information content (AvgIpc) is 3.22. The minimum Gasteiger partial charge on any atom is -0.504 e. The molecule has 2 aromatic carbocycles. The fourth-order valence-electron chi connectivity index (χ4n) is 3.94. The summed E-state index contributed by atoms with van der Waals surface area (Å²) in [6.45, 7) is 0.564. The molecule has 3 rings (SSSR count). The number of likely N-dealkylation sites (tertiary alicyclic amines) is 1. The number of aliphatic hydroxyl groups excluding tert-OH is 1. The molecule has 1 N–H and O–H groups in total. The SMILES string of the molecule is CN=CC(=O)/C(O)=C/C(=O)N1CCC[C@@H]1C[C@H](c1ccccc1)c1ccc(F)cc1. The van der Waals surface area contributed by atoms with Crippen molar-refractivity contribution in [1.29, 1.82) is 0 Å². The predicted octanol–water partition coefficient (Wildman–Crippen LogP) is 4.05. The maximum Gasteiger partial charge on any atom is 0.250 e. The first-order valence-corrected chi connectivity index (χ1v) is 9.97. The summed E-state index contributed by atoms with van der Waals surface area (Å²) in [6.07, 6.45) is 4.29. The molecule has 30 heavy (non-hydrogen) atoms. The Morgan fingerprint density at radius 3 is 2.50 bits per heavy atom. The van der Waals surface area contributed by atoms with Gasteiger partial charge in [0.15, 0.2) is 5.76 Å². The Kier molecular flexibility index (Phi) is 7.12. The smallest absolute Gasteiger partial charge is 0.250 e. The van der Waals surface area contributed by atoms with Crippen LogP contribution in [0.3, 0.4) is 0 Å². The van der Waals surface area contributed by atoms with Crippen molar-refractivity contribution >= 4 is 17.9 Å². The van der Waals surface area contributed by atoms with Gasteiger partial charge in [-0.15, -0.1) is 0 Å². The lowest BCUT2D eigenvalue weighted by molar-refractivity contribution is -0.127. The molecule has 156 valence electrons. The number of amides is 1. The number of benzene rings is 2. The molecule has 1 saturated heterocycles. The Bertz CT molecular complexity index is 939. The zero-order chi connectivity index (χ0) is 21.5. The highest BCUT2D eigenvalue weighted by Gasteiger charge is 2.31. The normalized spacial score (nSPS) is 18.0. The third-order valence-electron chi connectivity index (χ3n) is 5.40. The molecule has 0 bridgehead atoms. The number of ketones is 1. The second kappa shape index (κ2) is 9.96. The minimum absolute atomic E-state index is 0.00312. The number of aliphatic imine (C=N–C) groups is 1. The van der Waals surface area contributed by atoms with E-state index in [2.05, 4.69) is 4.99 Å². The molecule has 0 aromatic heterocycles. The van der Waals surface area contributed by atoms with Gasteiger partial charge in [0.25, 0.3) is 5.91 Å². The lowest BCUT2D eigenvalue weighted by Crippen LogP contribution is -2.36. The summed E-state index contributed by atoms with van der Waals surface area (Å²) in [5, 5.41) is 9.87. The maximum atomic E-state index is 13.4. The van der Waals surface area contributed by atoms with Gasteiger partial charge in [0.2, 0.25) is 5.78 Å². The van der Waals surface area contributed by atoms with E-state index in [1.54, 1.807) is 17.0 Å². The number of hydrogen-bond acceptors (Lipinski definition) is 4. The Morgan fingerprint density at radius 2 is 1.83 bits per heavy atom. The van der Waals surface area contributed by atoms with Gasteiger partial charge in [0, 0.05) is 31.6 Å². The van der Waals surface area contributed by atoms with Gasteiger partial charge >= 0.3 is 0 Å². The molecule has 1 fully saturated rings. The molecule has 1 heterocycles. The van der Waals surface area contributed by atoms with Crippen molar-refractivity contribution in [1.82, 2.24) is 4.90 Å². The fraction of sp³-hybridized carbons (Fsp3) is 0.292. The Morgan fingerprint density at radius 1 is 1.17 bits per heavy atom. The predicted molar refractivity (Wildman–Crippen MR) is 114 cm³/mol. The van der Waals surface area contributed by atoms with Crippen LogP contribution in [0.2, 0.25) is 0 Å². The van der Waals surface area contributed by atoms with Gasteiger partial charge in [-0.1, -0.05) is 42.5 Å². The highest BCUT2D eigenvalue weighted by atomic mass is 19.1. The van der Waals surface area contributed by atoms with Crippen LogP contribution >= 0.6 is 0 Å². The van der Waals surface area contributed by atoms with Crippen molar-refractivity contribution in [2.24, 2.45) is 4.99 Å². The van der Waals surface area contributed by atoms with Crippen molar-refractivity contribution in [3.63, 3.8) is 0 Å². The Hall–Kier alpha value is -3.28. The van der Waals surface area contributed by atoms with Gasteiger partial charge in [-0.05, 0) is 42.5 Å². The van der Waals surface area contributed by atoms with Crippen molar-refractivity contribution in [2.75, 3.05) is 13.6 Å². The maximum absolute atomic E-state index is 13.4. The summed E-state index contributed by atoms with van der Waals surface area (Å²) in [5.41, 5.74) is 2.07. The number of carbonyl (C=O) groups is 2. The lowest BCUT2D eigenvalue weighted by atomic mass is 9.85. The molecule has 0 saturated carbocycles. The lowest BCUT2D eigenvalue weighted by Gasteiger charge is -2.28. The first kappa shape index (κ1) is 21.4. The van der Waals surface area contributed by atoms with E-state index in [0.717, 1.165) is 36.3 Å². The third-order valence-corrected chi connectivity index (χ3v) is 5.40. The van der Waals surface area contributed by atoms with Gasteiger partial charge in [-0.3, -0.25) is 14.6 Å². The third kappa shape index (κ3) is 5.20. The largest absolute Gasteiger partial charge is 0.504 e. The molecule has 2 aromatic rings. The van der Waals surface area contributed by atoms with Gasteiger partial charge in [0.05, 0.1) is 6.21 Å². The number of halogens is 1. The van der Waals surface area contributed by atoms with Crippen LogP contribution in [-0.2, 0) is 9.59 Å². The zero-order valence-electron chi connectivity index (χ0n) is 16.9. The molecule has 1 aliphatic rings. The molecule has 5 nitrogen and oxygen atoms in total.